The molecule has 16 heavy (non-hydrogen) atoms. The predicted octanol–water partition coefficient (Wildman–Crippen LogP) is 2.30. The molecular formula is C13H23NO2. The topological polar surface area (TPSA) is 46.2 Å². The maximum Gasteiger partial charge on any atom is 0.287 e. The third-order valence-corrected chi connectivity index (χ3v) is 3.73. The normalized spacial score (nSPS) is 18.2. The highest BCUT2D eigenvalue weighted by molar-refractivity contribution is 6.35. The van der Waals surface area contributed by atoms with Crippen molar-refractivity contribution in [3.63, 3.8) is 0 Å². The lowest BCUT2D eigenvalue weighted by Crippen LogP contribution is -2.41. The van der Waals surface area contributed by atoms with E-state index in [1.807, 2.05) is 0 Å². The van der Waals surface area contributed by atoms with Crippen LogP contribution in [0.3, 0.4) is 0 Å². The zero-order valence-corrected chi connectivity index (χ0v) is 10.6. The number of carbonyl (C=O) groups is 2. The molecule has 1 aliphatic carbocycles. The first-order valence-corrected chi connectivity index (χ1v) is 6.22. The van der Waals surface area contributed by atoms with Gasteiger partial charge in [-0.2, -0.15) is 0 Å². The van der Waals surface area contributed by atoms with Crippen molar-refractivity contribution in [2.75, 3.05) is 6.54 Å². The fourth-order valence-corrected chi connectivity index (χ4v) is 2.46. The van der Waals surface area contributed by atoms with Crippen LogP contribution in [-0.2, 0) is 9.59 Å². The summed E-state index contributed by atoms with van der Waals surface area (Å²) in [5.41, 5.74) is 0.103. The molecule has 0 unspecified atom stereocenters. The van der Waals surface area contributed by atoms with Crippen LogP contribution in [0.2, 0.25) is 0 Å². The molecule has 0 saturated heterocycles. The van der Waals surface area contributed by atoms with Gasteiger partial charge in [-0.1, -0.05) is 33.1 Å². The zero-order valence-electron chi connectivity index (χ0n) is 10.6. The Hall–Kier alpha value is -0.860. The largest absolute Gasteiger partial charge is 0.349 e. The van der Waals surface area contributed by atoms with E-state index in [4.69, 9.17) is 0 Å². The average molecular weight is 225 g/mol. The Bertz CT molecular complexity index is 265. The van der Waals surface area contributed by atoms with Gasteiger partial charge in [0.25, 0.3) is 5.91 Å². The zero-order chi connectivity index (χ0) is 12.2. The van der Waals surface area contributed by atoms with Gasteiger partial charge in [0.15, 0.2) is 0 Å². The summed E-state index contributed by atoms with van der Waals surface area (Å²) in [6.45, 7) is 6.28. The van der Waals surface area contributed by atoms with Crippen molar-refractivity contribution in [1.29, 1.82) is 0 Å². The number of nitrogens with one attached hydrogen (secondary N) is 1. The lowest BCUT2D eigenvalue weighted by atomic mass is 9.71. The van der Waals surface area contributed by atoms with Crippen LogP contribution in [0.4, 0.5) is 0 Å². The molecule has 0 spiro atoms. The number of ketones is 1. The second-order valence-electron chi connectivity index (χ2n) is 5.56. The molecule has 1 N–H and O–H groups in total. The third kappa shape index (κ3) is 3.62. The molecule has 92 valence electrons. The van der Waals surface area contributed by atoms with Crippen LogP contribution in [0, 0.1) is 11.3 Å². The van der Waals surface area contributed by atoms with Gasteiger partial charge >= 0.3 is 0 Å². The van der Waals surface area contributed by atoms with E-state index in [1.54, 1.807) is 0 Å². The molecule has 0 radical (unpaired) electrons. The summed E-state index contributed by atoms with van der Waals surface area (Å²) in [7, 11) is 0. The molecule has 0 aliphatic heterocycles. The summed E-state index contributed by atoms with van der Waals surface area (Å²) in [5.74, 6) is -0.183. The molecule has 3 nitrogen and oxygen atoms in total. The van der Waals surface area contributed by atoms with Crippen LogP contribution < -0.4 is 5.32 Å². The molecule has 0 atom stereocenters. The van der Waals surface area contributed by atoms with E-state index in [2.05, 4.69) is 19.2 Å². The summed E-state index contributed by atoms with van der Waals surface area (Å²) in [6, 6.07) is 0. The van der Waals surface area contributed by atoms with Crippen molar-refractivity contribution >= 4 is 11.7 Å². The fraction of sp³-hybridized carbons (Fsp3) is 0.846. The SMILES string of the molecule is CC(=O)C(=O)NCC(C)(C)C1CCCCC1. The molecule has 0 aromatic heterocycles. The number of hydrogen-bond donors (Lipinski definition) is 1. The van der Waals surface area contributed by atoms with E-state index < -0.39 is 11.7 Å². The minimum Gasteiger partial charge on any atom is -0.349 e. The van der Waals surface area contributed by atoms with Crippen LogP contribution in [0.25, 0.3) is 0 Å². The molecule has 1 aliphatic rings. The van der Waals surface area contributed by atoms with Crippen LogP contribution in [0.15, 0.2) is 0 Å². The average Bonchev–Trinajstić information content (AvgIpc) is 2.27. The van der Waals surface area contributed by atoms with Gasteiger partial charge in [0, 0.05) is 13.5 Å². The summed E-state index contributed by atoms with van der Waals surface area (Å²) >= 11 is 0. The van der Waals surface area contributed by atoms with E-state index in [0.29, 0.717) is 12.5 Å². The molecular weight excluding hydrogens is 202 g/mol. The molecule has 1 saturated carbocycles. The monoisotopic (exact) mass is 225 g/mol. The van der Waals surface area contributed by atoms with Crippen molar-refractivity contribution in [1.82, 2.24) is 5.32 Å². The molecule has 3 heteroatoms. The third-order valence-electron chi connectivity index (χ3n) is 3.73. The van der Waals surface area contributed by atoms with E-state index in [9.17, 15) is 9.59 Å². The highest BCUT2D eigenvalue weighted by Crippen LogP contribution is 2.37. The Morgan fingerprint density at radius 1 is 1.19 bits per heavy atom. The number of rotatable bonds is 4. The first kappa shape index (κ1) is 13.2. The van der Waals surface area contributed by atoms with Crippen LogP contribution in [-0.4, -0.2) is 18.2 Å². The van der Waals surface area contributed by atoms with Gasteiger partial charge in [-0.3, -0.25) is 9.59 Å². The van der Waals surface area contributed by atoms with E-state index in [1.165, 1.54) is 39.0 Å². The van der Waals surface area contributed by atoms with Crippen molar-refractivity contribution in [2.45, 2.75) is 52.9 Å². The Labute approximate surface area is 98.0 Å². The van der Waals surface area contributed by atoms with E-state index in [-0.39, 0.29) is 5.41 Å². The second-order valence-corrected chi connectivity index (χ2v) is 5.56. The summed E-state index contributed by atoms with van der Waals surface area (Å²) in [6.07, 6.45) is 6.45. The molecule has 1 rings (SSSR count). The summed E-state index contributed by atoms with van der Waals surface area (Å²) in [4.78, 5) is 22.0. The smallest absolute Gasteiger partial charge is 0.287 e. The van der Waals surface area contributed by atoms with E-state index in [0.717, 1.165) is 0 Å². The Balaban J connectivity index is 2.43. The maximum atomic E-state index is 11.2. The lowest BCUT2D eigenvalue weighted by Gasteiger charge is -2.37. The van der Waals surface area contributed by atoms with Crippen LogP contribution in [0.1, 0.15) is 52.9 Å². The molecule has 0 bridgehead atoms. The first-order chi connectivity index (χ1) is 7.43. The summed E-state index contributed by atoms with van der Waals surface area (Å²) < 4.78 is 0. The standard InChI is InChI=1S/C13H23NO2/c1-10(15)12(16)14-9-13(2,3)11-7-5-4-6-8-11/h11H,4-9H2,1-3H3,(H,14,16). The predicted molar refractivity (Wildman–Crippen MR) is 64.0 cm³/mol. The Morgan fingerprint density at radius 3 is 2.25 bits per heavy atom. The highest BCUT2D eigenvalue weighted by atomic mass is 16.2. The van der Waals surface area contributed by atoms with Crippen molar-refractivity contribution < 1.29 is 9.59 Å². The van der Waals surface area contributed by atoms with Gasteiger partial charge in [-0.25, -0.2) is 0 Å². The number of Topliss-reactive ketones (excluding diaryl/α,β-unsaturated/α-hetero) is 1. The second kappa shape index (κ2) is 5.46. The van der Waals surface area contributed by atoms with Gasteiger partial charge in [0.2, 0.25) is 5.78 Å². The fourth-order valence-electron chi connectivity index (χ4n) is 2.46. The van der Waals surface area contributed by atoms with Gasteiger partial charge in [0.1, 0.15) is 0 Å². The Kier molecular flexibility index (Phi) is 4.51. The molecule has 1 amide bonds. The number of amides is 1. The minimum atomic E-state index is -0.455. The van der Waals surface area contributed by atoms with Gasteiger partial charge in [-0.15, -0.1) is 0 Å². The first-order valence-electron chi connectivity index (χ1n) is 6.22. The van der Waals surface area contributed by atoms with Crippen molar-refractivity contribution in [2.24, 2.45) is 11.3 Å². The minimum absolute atomic E-state index is 0.103. The van der Waals surface area contributed by atoms with E-state index >= 15 is 0 Å². The van der Waals surface area contributed by atoms with Gasteiger partial charge in [-0.05, 0) is 24.2 Å². The van der Waals surface area contributed by atoms with Crippen molar-refractivity contribution in [3.8, 4) is 0 Å². The van der Waals surface area contributed by atoms with Crippen LogP contribution in [0.5, 0.6) is 0 Å². The molecule has 0 aromatic carbocycles. The van der Waals surface area contributed by atoms with Gasteiger partial charge in [0.05, 0.1) is 0 Å². The maximum absolute atomic E-state index is 11.2. The summed E-state index contributed by atoms with van der Waals surface area (Å²) in [5, 5.41) is 2.73. The molecule has 1 fully saturated rings. The molecule has 0 heterocycles. The quantitative estimate of drug-likeness (QED) is 0.746. The number of hydrogen-bond acceptors (Lipinski definition) is 2. The highest BCUT2D eigenvalue weighted by Gasteiger charge is 2.31. The lowest BCUT2D eigenvalue weighted by molar-refractivity contribution is -0.137. The molecule has 0 aromatic rings. The number of carbonyl (C=O) groups excluding carboxylic acids is 2. The Morgan fingerprint density at radius 2 is 1.75 bits per heavy atom. The van der Waals surface area contributed by atoms with Gasteiger partial charge < -0.3 is 5.32 Å². The van der Waals surface area contributed by atoms with Crippen molar-refractivity contribution in [3.05, 3.63) is 0 Å². The van der Waals surface area contributed by atoms with Crippen LogP contribution >= 0.6 is 0 Å².